The average molecular weight is 377 g/mol. The fourth-order valence-corrected chi connectivity index (χ4v) is 3.29. The molecule has 2 aromatic carbocycles. The van der Waals surface area contributed by atoms with Gasteiger partial charge in [-0.3, -0.25) is 4.79 Å². The number of hydrogen-bond acceptors (Lipinski definition) is 4. The summed E-state index contributed by atoms with van der Waals surface area (Å²) in [5.74, 6) is 0.515. The Morgan fingerprint density at radius 2 is 2.11 bits per heavy atom. The zero-order chi connectivity index (χ0) is 19.3. The molecule has 1 amide bonds. The van der Waals surface area contributed by atoms with E-state index in [1.54, 1.807) is 10.9 Å². The number of ether oxygens (including phenoxy) is 2. The van der Waals surface area contributed by atoms with Crippen molar-refractivity contribution in [2.24, 2.45) is 0 Å². The van der Waals surface area contributed by atoms with E-state index in [1.807, 2.05) is 61.5 Å². The lowest BCUT2D eigenvalue weighted by Gasteiger charge is -2.12. The van der Waals surface area contributed by atoms with Crippen molar-refractivity contribution in [1.29, 1.82) is 0 Å². The number of aromatic nitrogens is 2. The number of benzene rings is 2. The minimum Gasteiger partial charge on any atom is -0.491 e. The third-order valence-electron chi connectivity index (χ3n) is 4.81. The van der Waals surface area contributed by atoms with Crippen molar-refractivity contribution in [2.75, 3.05) is 18.5 Å². The van der Waals surface area contributed by atoms with Gasteiger partial charge in [-0.05, 0) is 44.0 Å². The first kappa shape index (κ1) is 18.3. The smallest absolute Gasteiger partial charge is 0.259 e. The minimum atomic E-state index is -0.198. The molecule has 28 heavy (non-hydrogen) atoms. The first-order valence-corrected chi connectivity index (χ1v) is 9.46. The Labute approximate surface area is 164 Å². The van der Waals surface area contributed by atoms with Crippen molar-refractivity contribution in [3.8, 4) is 11.4 Å². The summed E-state index contributed by atoms with van der Waals surface area (Å²) in [6, 6.07) is 17.1. The Morgan fingerprint density at radius 1 is 1.25 bits per heavy atom. The molecule has 2 heterocycles. The van der Waals surface area contributed by atoms with Crippen molar-refractivity contribution in [3.63, 3.8) is 0 Å². The summed E-state index contributed by atoms with van der Waals surface area (Å²) in [6.45, 7) is 3.22. The molecule has 6 nitrogen and oxygen atoms in total. The van der Waals surface area contributed by atoms with Gasteiger partial charge >= 0.3 is 0 Å². The molecule has 1 saturated heterocycles. The molecule has 1 aromatic heterocycles. The summed E-state index contributed by atoms with van der Waals surface area (Å²) < 4.78 is 13.1. The topological polar surface area (TPSA) is 65.4 Å². The molecule has 144 valence electrons. The maximum atomic E-state index is 12.7. The van der Waals surface area contributed by atoms with Gasteiger partial charge in [0, 0.05) is 18.4 Å². The number of nitrogens with zero attached hydrogens (tertiary/aromatic N) is 2. The molecule has 1 unspecified atom stereocenters. The first-order valence-electron chi connectivity index (χ1n) is 9.46. The number of hydrogen-bond donors (Lipinski definition) is 1. The highest BCUT2D eigenvalue weighted by molar-refractivity contribution is 6.05. The number of anilines is 1. The molecule has 0 spiro atoms. The van der Waals surface area contributed by atoms with Crippen LogP contribution in [-0.2, 0) is 4.74 Å². The van der Waals surface area contributed by atoms with E-state index in [-0.39, 0.29) is 12.0 Å². The van der Waals surface area contributed by atoms with Crippen LogP contribution in [-0.4, -0.2) is 35.0 Å². The molecule has 4 rings (SSSR count). The van der Waals surface area contributed by atoms with Crippen LogP contribution in [0.3, 0.4) is 0 Å². The molecular formula is C22H23N3O3. The molecule has 0 saturated carbocycles. The number of para-hydroxylation sites is 1. The molecule has 0 radical (unpaired) electrons. The molecule has 1 N–H and O–H groups in total. The maximum Gasteiger partial charge on any atom is 0.259 e. The number of rotatable bonds is 6. The number of amides is 1. The Kier molecular flexibility index (Phi) is 5.39. The summed E-state index contributed by atoms with van der Waals surface area (Å²) in [5.41, 5.74) is 2.93. The minimum absolute atomic E-state index is 0.157. The summed E-state index contributed by atoms with van der Waals surface area (Å²) in [5, 5.41) is 7.29. The Bertz CT molecular complexity index is 947. The summed E-state index contributed by atoms with van der Waals surface area (Å²) >= 11 is 0. The second kappa shape index (κ2) is 8.27. The molecule has 1 atom stereocenters. The van der Waals surface area contributed by atoms with Gasteiger partial charge in [-0.15, -0.1) is 0 Å². The summed E-state index contributed by atoms with van der Waals surface area (Å²) in [7, 11) is 0. The van der Waals surface area contributed by atoms with Crippen LogP contribution in [0.1, 0.15) is 28.9 Å². The number of carbonyl (C=O) groups excluding carboxylic acids is 1. The highest BCUT2D eigenvalue weighted by Gasteiger charge is 2.17. The van der Waals surface area contributed by atoms with E-state index in [4.69, 9.17) is 9.47 Å². The van der Waals surface area contributed by atoms with Crippen LogP contribution >= 0.6 is 0 Å². The molecule has 6 heteroatoms. The van der Waals surface area contributed by atoms with Crippen LogP contribution in [0.25, 0.3) is 5.69 Å². The second-order valence-corrected chi connectivity index (χ2v) is 6.82. The Hall–Kier alpha value is -3.12. The van der Waals surface area contributed by atoms with Gasteiger partial charge in [0.25, 0.3) is 5.91 Å². The SMILES string of the molecule is Cc1c(C(=O)Nc2cccc(OCC3CCCO3)c2)cnn1-c1ccccc1. The van der Waals surface area contributed by atoms with Crippen molar-refractivity contribution < 1.29 is 14.3 Å². The predicted molar refractivity (Wildman–Crippen MR) is 107 cm³/mol. The summed E-state index contributed by atoms with van der Waals surface area (Å²) in [6.07, 6.45) is 3.86. The van der Waals surface area contributed by atoms with Gasteiger partial charge < -0.3 is 14.8 Å². The van der Waals surface area contributed by atoms with Crippen molar-refractivity contribution in [1.82, 2.24) is 9.78 Å². The van der Waals surface area contributed by atoms with Crippen LogP contribution in [0.2, 0.25) is 0 Å². The zero-order valence-corrected chi connectivity index (χ0v) is 15.8. The highest BCUT2D eigenvalue weighted by atomic mass is 16.5. The molecule has 3 aromatic rings. The zero-order valence-electron chi connectivity index (χ0n) is 15.8. The summed E-state index contributed by atoms with van der Waals surface area (Å²) in [4.78, 5) is 12.7. The number of nitrogens with one attached hydrogen (secondary N) is 1. The van der Waals surface area contributed by atoms with E-state index in [0.29, 0.717) is 23.6 Å². The van der Waals surface area contributed by atoms with E-state index in [1.165, 1.54) is 0 Å². The lowest BCUT2D eigenvalue weighted by atomic mass is 10.2. The Balaban J connectivity index is 1.44. The van der Waals surface area contributed by atoms with Crippen LogP contribution in [0.15, 0.2) is 60.8 Å². The van der Waals surface area contributed by atoms with Gasteiger partial charge in [-0.2, -0.15) is 5.10 Å². The quantitative estimate of drug-likeness (QED) is 0.705. The monoisotopic (exact) mass is 377 g/mol. The van der Waals surface area contributed by atoms with Gasteiger partial charge in [0.1, 0.15) is 12.4 Å². The second-order valence-electron chi connectivity index (χ2n) is 6.82. The maximum absolute atomic E-state index is 12.7. The van der Waals surface area contributed by atoms with Crippen molar-refractivity contribution in [3.05, 3.63) is 72.1 Å². The third-order valence-corrected chi connectivity index (χ3v) is 4.81. The van der Waals surface area contributed by atoms with E-state index < -0.39 is 0 Å². The van der Waals surface area contributed by atoms with Crippen LogP contribution in [0.4, 0.5) is 5.69 Å². The molecule has 0 bridgehead atoms. The lowest BCUT2D eigenvalue weighted by molar-refractivity contribution is 0.0680. The van der Waals surface area contributed by atoms with Crippen LogP contribution < -0.4 is 10.1 Å². The van der Waals surface area contributed by atoms with Crippen molar-refractivity contribution in [2.45, 2.75) is 25.9 Å². The Morgan fingerprint density at radius 3 is 2.89 bits per heavy atom. The predicted octanol–water partition coefficient (Wildman–Crippen LogP) is 3.99. The largest absolute Gasteiger partial charge is 0.491 e. The molecule has 0 aliphatic carbocycles. The van der Waals surface area contributed by atoms with E-state index >= 15 is 0 Å². The molecule has 1 fully saturated rings. The first-order chi connectivity index (χ1) is 13.7. The lowest BCUT2D eigenvalue weighted by Crippen LogP contribution is -2.16. The van der Waals surface area contributed by atoms with Gasteiger partial charge in [-0.25, -0.2) is 4.68 Å². The average Bonchev–Trinajstić information content (AvgIpc) is 3.37. The third kappa shape index (κ3) is 4.07. The van der Waals surface area contributed by atoms with Gasteiger partial charge in [-0.1, -0.05) is 24.3 Å². The molecule has 1 aliphatic rings. The van der Waals surface area contributed by atoms with Crippen LogP contribution in [0, 0.1) is 6.92 Å². The normalized spacial score (nSPS) is 16.1. The fourth-order valence-electron chi connectivity index (χ4n) is 3.29. The number of carbonyl (C=O) groups is 1. The van der Waals surface area contributed by atoms with Gasteiger partial charge in [0.05, 0.1) is 29.2 Å². The van der Waals surface area contributed by atoms with E-state index in [2.05, 4.69) is 10.4 Å². The molecule has 1 aliphatic heterocycles. The molecular weight excluding hydrogens is 354 g/mol. The van der Waals surface area contributed by atoms with E-state index in [9.17, 15) is 4.79 Å². The van der Waals surface area contributed by atoms with Crippen LogP contribution in [0.5, 0.6) is 5.75 Å². The highest BCUT2D eigenvalue weighted by Crippen LogP contribution is 2.21. The van der Waals surface area contributed by atoms with Crippen molar-refractivity contribution >= 4 is 11.6 Å². The fraction of sp³-hybridized carbons (Fsp3) is 0.273. The van der Waals surface area contributed by atoms with E-state index in [0.717, 1.165) is 30.8 Å². The van der Waals surface area contributed by atoms with Gasteiger partial charge in [0.2, 0.25) is 0 Å². The standard InChI is InChI=1S/C22H23N3O3/c1-16-21(14-23-25(16)18-8-3-2-4-9-18)22(26)24-17-7-5-10-19(13-17)28-15-20-11-6-12-27-20/h2-5,7-10,13-14,20H,6,11-12,15H2,1H3,(H,24,26). The van der Waals surface area contributed by atoms with Gasteiger partial charge in [0.15, 0.2) is 0 Å².